The Bertz CT molecular complexity index is 728. The van der Waals surface area contributed by atoms with Crippen molar-refractivity contribution in [3.05, 3.63) is 24.2 Å². The smallest absolute Gasteiger partial charge is 0.226 e. The highest BCUT2D eigenvalue weighted by Gasteiger charge is 2.13. The van der Waals surface area contributed by atoms with Gasteiger partial charge in [0.05, 0.1) is 17.8 Å². The molecule has 20 heavy (non-hydrogen) atoms. The van der Waals surface area contributed by atoms with Gasteiger partial charge in [-0.2, -0.15) is 20.2 Å². The normalized spacial score (nSPS) is 10.9. The number of fused-ring (bicyclic) bond motifs is 1. The van der Waals surface area contributed by atoms with Crippen molar-refractivity contribution in [2.45, 2.75) is 6.54 Å². The first-order chi connectivity index (χ1) is 9.67. The summed E-state index contributed by atoms with van der Waals surface area (Å²) in [6.45, 7) is 0.717. The van der Waals surface area contributed by atoms with Crippen LogP contribution in [-0.4, -0.2) is 44.0 Å². The Morgan fingerprint density at radius 3 is 2.90 bits per heavy atom. The molecule has 0 radical (unpaired) electrons. The second kappa shape index (κ2) is 4.80. The van der Waals surface area contributed by atoms with E-state index in [0.717, 1.165) is 22.4 Å². The number of hydrogen-bond acceptors (Lipinski definition) is 6. The van der Waals surface area contributed by atoms with Gasteiger partial charge in [-0.15, -0.1) is 0 Å². The zero-order valence-corrected chi connectivity index (χ0v) is 11.6. The minimum Gasteiger partial charge on any atom is -0.357 e. The Hall–Kier alpha value is -2.64. The Kier molecular flexibility index (Phi) is 2.97. The van der Waals surface area contributed by atoms with E-state index in [-0.39, 0.29) is 0 Å². The third-order valence-corrected chi connectivity index (χ3v) is 3.05. The van der Waals surface area contributed by atoms with Crippen LogP contribution in [0.5, 0.6) is 0 Å². The zero-order chi connectivity index (χ0) is 14.1. The second-order valence-corrected chi connectivity index (χ2v) is 4.63. The van der Waals surface area contributed by atoms with E-state index in [4.69, 9.17) is 0 Å². The maximum atomic E-state index is 4.51. The molecule has 104 valence electrons. The first kappa shape index (κ1) is 12.4. The Labute approximate surface area is 115 Å². The summed E-state index contributed by atoms with van der Waals surface area (Å²) in [5.41, 5.74) is 1.84. The van der Waals surface area contributed by atoms with Gasteiger partial charge in [0.2, 0.25) is 5.95 Å². The molecule has 0 saturated heterocycles. The van der Waals surface area contributed by atoms with Gasteiger partial charge in [-0.25, -0.2) is 0 Å². The lowest BCUT2D eigenvalue weighted by Crippen LogP contribution is -2.18. The van der Waals surface area contributed by atoms with Crippen LogP contribution in [0.25, 0.3) is 11.0 Å². The van der Waals surface area contributed by atoms with Crippen LogP contribution in [0, 0.1) is 0 Å². The van der Waals surface area contributed by atoms with Crippen molar-refractivity contribution < 1.29 is 0 Å². The topological polar surface area (TPSA) is 87.5 Å². The molecule has 0 aliphatic carbocycles. The summed E-state index contributed by atoms with van der Waals surface area (Å²) < 4.78 is 1.79. The molecule has 0 fully saturated rings. The Morgan fingerprint density at radius 2 is 2.20 bits per heavy atom. The number of nitrogens with one attached hydrogen (secondary N) is 2. The molecule has 3 heterocycles. The summed E-state index contributed by atoms with van der Waals surface area (Å²) >= 11 is 0. The van der Waals surface area contributed by atoms with Crippen LogP contribution in [0.3, 0.4) is 0 Å². The molecule has 0 unspecified atom stereocenters. The van der Waals surface area contributed by atoms with Crippen molar-refractivity contribution in [2.24, 2.45) is 7.05 Å². The fraction of sp³-hybridized carbons (Fsp3) is 0.333. The van der Waals surface area contributed by atoms with Crippen LogP contribution >= 0.6 is 0 Å². The van der Waals surface area contributed by atoms with E-state index in [9.17, 15) is 0 Å². The van der Waals surface area contributed by atoms with Gasteiger partial charge < -0.3 is 10.2 Å². The number of aryl methyl sites for hydroxylation is 1. The number of nitrogens with zero attached hydrogens (tertiary/aromatic N) is 6. The van der Waals surface area contributed by atoms with Gasteiger partial charge in [-0.05, 0) is 0 Å². The molecule has 3 aromatic rings. The molecule has 0 atom stereocenters. The van der Waals surface area contributed by atoms with Crippen LogP contribution < -0.4 is 10.2 Å². The van der Waals surface area contributed by atoms with Crippen LogP contribution in [0.2, 0.25) is 0 Å². The van der Waals surface area contributed by atoms with Crippen molar-refractivity contribution in [1.82, 2.24) is 29.9 Å². The molecule has 8 heteroatoms. The summed E-state index contributed by atoms with van der Waals surface area (Å²) in [4.78, 5) is 10.9. The molecular formula is C12H16N8. The fourth-order valence-corrected chi connectivity index (χ4v) is 2.12. The third kappa shape index (κ3) is 2.15. The van der Waals surface area contributed by atoms with Crippen LogP contribution in [-0.2, 0) is 13.6 Å². The second-order valence-electron chi connectivity index (χ2n) is 4.63. The van der Waals surface area contributed by atoms with Gasteiger partial charge >= 0.3 is 0 Å². The number of aromatic amines is 1. The molecule has 0 aromatic carbocycles. The van der Waals surface area contributed by atoms with Crippen molar-refractivity contribution in [1.29, 1.82) is 0 Å². The van der Waals surface area contributed by atoms with Crippen molar-refractivity contribution in [3.63, 3.8) is 0 Å². The SMILES string of the molecule is CNc1nc(N(C)Cc2cnn(C)c2)c2cn[nH]c2n1. The predicted molar refractivity (Wildman–Crippen MR) is 76.5 cm³/mol. The molecule has 3 aromatic heterocycles. The highest BCUT2D eigenvalue weighted by molar-refractivity contribution is 5.87. The minimum absolute atomic E-state index is 0.565. The molecule has 0 aliphatic rings. The van der Waals surface area contributed by atoms with E-state index in [1.807, 2.05) is 26.5 Å². The molecule has 0 amide bonds. The van der Waals surface area contributed by atoms with Crippen LogP contribution in [0.1, 0.15) is 5.56 Å². The van der Waals surface area contributed by atoms with Gasteiger partial charge in [0, 0.05) is 39.4 Å². The van der Waals surface area contributed by atoms with Gasteiger partial charge in [0.25, 0.3) is 0 Å². The van der Waals surface area contributed by atoms with E-state index in [2.05, 4.69) is 35.5 Å². The number of hydrogen-bond donors (Lipinski definition) is 2. The Balaban J connectivity index is 1.97. The van der Waals surface area contributed by atoms with E-state index < -0.39 is 0 Å². The van der Waals surface area contributed by atoms with E-state index in [1.165, 1.54) is 0 Å². The van der Waals surface area contributed by atoms with Crippen LogP contribution in [0.15, 0.2) is 18.6 Å². The summed E-state index contributed by atoms with van der Waals surface area (Å²) in [6.07, 6.45) is 5.58. The van der Waals surface area contributed by atoms with Gasteiger partial charge in [-0.1, -0.05) is 0 Å². The molecule has 0 spiro atoms. The lowest BCUT2D eigenvalue weighted by molar-refractivity contribution is 0.766. The van der Waals surface area contributed by atoms with Gasteiger partial charge in [0.1, 0.15) is 5.82 Å². The third-order valence-electron chi connectivity index (χ3n) is 3.05. The summed E-state index contributed by atoms with van der Waals surface area (Å²) in [6, 6.07) is 0. The highest BCUT2D eigenvalue weighted by atomic mass is 15.3. The lowest BCUT2D eigenvalue weighted by atomic mass is 10.3. The first-order valence-corrected chi connectivity index (χ1v) is 6.25. The molecule has 8 nitrogen and oxygen atoms in total. The fourth-order valence-electron chi connectivity index (χ4n) is 2.12. The molecule has 2 N–H and O–H groups in total. The van der Waals surface area contributed by atoms with Crippen LogP contribution in [0.4, 0.5) is 11.8 Å². The molecule has 0 aliphatic heterocycles. The number of rotatable bonds is 4. The number of H-pyrrole nitrogens is 1. The maximum absolute atomic E-state index is 4.51. The van der Waals surface area contributed by atoms with E-state index in [1.54, 1.807) is 17.9 Å². The number of aromatic nitrogens is 6. The van der Waals surface area contributed by atoms with Crippen molar-refractivity contribution >= 4 is 22.8 Å². The molecular weight excluding hydrogens is 256 g/mol. The molecule has 0 saturated carbocycles. The summed E-state index contributed by atoms with van der Waals surface area (Å²) in [5, 5.41) is 14.9. The first-order valence-electron chi connectivity index (χ1n) is 6.25. The number of anilines is 2. The lowest BCUT2D eigenvalue weighted by Gasteiger charge is -2.18. The Morgan fingerprint density at radius 1 is 1.35 bits per heavy atom. The minimum atomic E-state index is 0.565. The largest absolute Gasteiger partial charge is 0.357 e. The summed E-state index contributed by atoms with van der Waals surface area (Å²) in [5.74, 6) is 1.40. The maximum Gasteiger partial charge on any atom is 0.226 e. The van der Waals surface area contributed by atoms with Gasteiger partial charge in [-0.3, -0.25) is 9.78 Å². The van der Waals surface area contributed by atoms with Crippen molar-refractivity contribution in [2.75, 3.05) is 24.3 Å². The molecule has 0 bridgehead atoms. The predicted octanol–water partition coefficient (Wildman–Crippen LogP) is 0.764. The quantitative estimate of drug-likeness (QED) is 0.729. The average molecular weight is 272 g/mol. The van der Waals surface area contributed by atoms with E-state index in [0.29, 0.717) is 12.5 Å². The monoisotopic (exact) mass is 272 g/mol. The standard InChI is InChI=1S/C12H16N8/c1-13-12-16-10-9(5-14-18-10)11(17-12)19(2)6-8-4-15-20(3)7-8/h4-5,7H,6H2,1-3H3,(H2,13,14,16,17,18). The molecule has 3 rings (SSSR count). The average Bonchev–Trinajstić information content (AvgIpc) is 3.06. The zero-order valence-electron chi connectivity index (χ0n) is 11.6. The summed E-state index contributed by atoms with van der Waals surface area (Å²) in [7, 11) is 5.69. The van der Waals surface area contributed by atoms with E-state index >= 15 is 0 Å². The highest BCUT2D eigenvalue weighted by Crippen LogP contribution is 2.23. The van der Waals surface area contributed by atoms with Crippen molar-refractivity contribution in [3.8, 4) is 0 Å². The van der Waals surface area contributed by atoms with Gasteiger partial charge in [0.15, 0.2) is 5.65 Å².